The van der Waals surface area contributed by atoms with E-state index < -0.39 is 11.2 Å². The molecule has 2 heterocycles. The lowest BCUT2D eigenvalue weighted by atomic mass is 10.2. The predicted octanol–water partition coefficient (Wildman–Crippen LogP) is -0.853. The summed E-state index contributed by atoms with van der Waals surface area (Å²) in [5.74, 6) is 0.0969. The van der Waals surface area contributed by atoms with Crippen molar-refractivity contribution in [3.05, 3.63) is 26.4 Å². The van der Waals surface area contributed by atoms with E-state index in [0.29, 0.717) is 11.3 Å². The summed E-state index contributed by atoms with van der Waals surface area (Å²) < 4.78 is 2.17. The van der Waals surface area contributed by atoms with E-state index >= 15 is 0 Å². The van der Waals surface area contributed by atoms with Crippen molar-refractivity contribution in [1.82, 2.24) is 9.13 Å². The predicted molar refractivity (Wildman–Crippen MR) is 69.1 cm³/mol. The van der Waals surface area contributed by atoms with E-state index in [1.54, 1.807) is 6.92 Å². The zero-order valence-corrected chi connectivity index (χ0v) is 10.8. The van der Waals surface area contributed by atoms with Crippen LogP contribution in [0.15, 0.2) is 14.6 Å². The van der Waals surface area contributed by atoms with E-state index in [-0.39, 0.29) is 37.6 Å². The van der Waals surface area contributed by atoms with Crippen molar-refractivity contribution in [1.29, 1.82) is 0 Å². The number of aromatic nitrogens is 2. The number of rotatable bonds is 4. The summed E-state index contributed by atoms with van der Waals surface area (Å²) in [4.78, 5) is 39.7. The first-order valence-electron chi connectivity index (χ1n) is 6.01. The SMILES string of the molecule is CCC(=O)Cn1c(=O)c2c(n(C)c1=O)N=C(CO)C2. The van der Waals surface area contributed by atoms with Gasteiger partial charge in [-0.25, -0.2) is 9.79 Å². The van der Waals surface area contributed by atoms with Gasteiger partial charge in [0.2, 0.25) is 0 Å². The third kappa shape index (κ3) is 2.17. The normalized spacial score (nSPS) is 13.3. The number of aliphatic hydroxyl groups excluding tert-OH is 1. The quantitative estimate of drug-likeness (QED) is 0.767. The van der Waals surface area contributed by atoms with Gasteiger partial charge < -0.3 is 5.11 Å². The molecule has 7 nitrogen and oxygen atoms in total. The van der Waals surface area contributed by atoms with E-state index in [0.717, 1.165) is 4.57 Å². The van der Waals surface area contributed by atoms with Gasteiger partial charge in [0.15, 0.2) is 5.78 Å². The molecule has 0 aromatic carbocycles. The maximum absolute atomic E-state index is 12.2. The van der Waals surface area contributed by atoms with Crippen LogP contribution in [0.5, 0.6) is 0 Å². The first kappa shape index (κ1) is 13.4. The van der Waals surface area contributed by atoms with Crippen LogP contribution in [0, 0.1) is 0 Å². The second-order valence-corrected chi connectivity index (χ2v) is 4.44. The van der Waals surface area contributed by atoms with E-state index in [4.69, 9.17) is 5.11 Å². The second kappa shape index (κ2) is 4.93. The van der Waals surface area contributed by atoms with Crippen molar-refractivity contribution >= 4 is 17.3 Å². The smallest absolute Gasteiger partial charge is 0.332 e. The Morgan fingerprint density at radius 1 is 1.42 bits per heavy atom. The van der Waals surface area contributed by atoms with Gasteiger partial charge in [-0.2, -0.15) is 0 Å². The summed E-state index contributed by atoms with van der Waals surface area (Å²) in [5.41, 5.74) is -0.252. The first-order chi connectivity index (χ1) is 8.99. The molecule has 1 aliphatic rings. The number of Topliss-reactive ketones (excluding diaryl/α,β-unsaturated/α-hetero) is 1. The largest absolute Gasteiger partial charge is 0.390 e. The number of fused-ring (bicyclic) bond motifs is 1. The number of hydrogen-bond donors (Lipinski definition) is 1. The number of nitrogens with zero attached hydrogens (tertiary/aromatic N) is 3. The lowest BCUT2D eigenvalue weighted by Gasteiger charge is -2.09. The molecule has 2 rings (SSSR count). The van der Waals surface area contributed by atoms with Gasteiger partial charge in [-0.1, -0.05) is 6.92 Å². The highest BCUT2D eigenvalue weighted by Crippen LogP contribution is 2.20. The van der Waals surface area contributed by atoms with Crippen LogP contribution in [0.1, 0.15) is 18.9 Å². The maximum atomic E-state index is 12.2. The van der Waals surface area contributed by atoms with Gasteiger partial charge in [0.05, 0.1) is 24.4 Å². The maximum Gasteiger partial charge on any atom is 0.332 e. The van der Waals surface area contributed by atoms with Gasteiger partial charge in [0, 0.05) is 19.9 Å². The van der Waals surface area contributed by atoms with Crippen molar-refractivity contribution in [2.75, 3.05) is 6.61 Å². The molecule has 102 valence electrons. The second-order valence-electron chi connectivity index (χ2n) is 4.44. The van der Waals surface area contributed by atoms with Crippen LogP contribution < -0.4 is 11.2 Å². The molecule has 0 fully saturated rings. The number of carbonyl (C=O) groups is 1. The Kier molecular flexibility index (Phi) is 3.48. The minimum atomic E-state index is -0.562. The third-order valence-electron chi connectivity index (χ3n) is 3.16. The molecular formula is C12H15N3O4. The van der Waals surface area contributed by atoms with Crippen LogP contribution in [0.2, 0.25) is 0 Å². The van der Waals surface area contributed by atoms with Gasteiger partial charge in [-0.15, -0.1) is 0 Å². The fourth-order valence-corrected chi connectivity index (χ4v) is 2.03. The van der Waals surface area contributed by atoms with Gasteiger partial charge in [0.25, 0.3) is 5.56 Å². The van der Waals surface area contributed by atoms with Crippen LogP contribution in [0.25, 0.3) is 0 Å². The van der Waals surface area contributed by atoms with Gasteiger partial charge >= 0.3 is 5.69 Å². The summed E-state index contributed by atoms with van der Waals surface area (Å²) in [5, 5.41) is 9.06. The number of hydrogen-bond acceptors (Lipinski definition) is 5. The molecular weight excluding hydrogens is 250 g/mol. The average Bonchev–Trinajstić information content (AvgIpc) is 2.85. The van der Waals surface area contributed by atoms with Crippen molar-refractivity contribution in [3.8, 4) is 0 Å². The van der Waals surface area contributed by atoms with Gasteiger partial charge in [-0.05, 0) is 0 Å². The Morgan fingerprint density at radius 2 is 2.11 bits per heavy atom. The van der Waals surface area contributed by atoms with Crippen molar-refractivity contribution in [3.63, 3.8) is 0 Å². The molecule has 1 aliphatic heterocycles. The van der Waals surface area contributed by atoms with Crippen molar-refractivity contribution in [2.45, 2.75) is 26.3 Å². The molecule has 0 atom stereocenters. The zero-order valence-electron chi connectivity index (χ0n) is 10.8. The fourth-order valence-electron chi connectivity index (χ4n) is 2.03. The molecule has 1 aromatic heterocycles. The Morgan fingerprint density at radius 3 is 2.68 bits per heavy atom. The molecule has 0 aliphatic carbocycles. The summed E-state index contributed by atoms with van der Waals surface area (Å²) in [6.07, 6.45) is 0.490. The first-order valence-corrected chi connectivity index (χ1v) is 6.01. The highest BCUT2D eigenvalue weighted by Gasteiger charge is 2.23. The average molecular weight is 265 g/mol. The van der Waals surface area contributed by atoms with E-state index in [9.17, 15) is 14.4 Å². The van der Waals surface area contributed by atoms with Gasteiger partial charge in [0.1, 0.15) is 5.82 Å². The van der Waals surface area contributed by atoms with Crippen LogP contribution in [0.4, 0.5) is 5.82 Å². The van der Waals surface area contributed by atoms with Crippen LogP contribution >= 0.6 is 0 Å². The van der Waals surface area contributed by atoms with E-state index in [1.807, 2.05) is 0 Å². The highest BCUT2D eigenvalue weighted by atomic mass is 16.3. The summed E-state index contributed by atoms with van der Waals surface area (Å²) in [7, 11) is 1.50. The molecule has 0 unspecified atom stereocenters. The van der Waals surface area contributed by atoms with Crippen LogP contribution in [-0.2, 0) is 24.8 Å². The number of ketones is 1. The fraction of sp³-hybridized carbons (Fsp3) is 0.500. The van der Waals surface area contributed by atoms with E-state index in [2.05, 4.69) is 4.99 Å². The number of aliphatic imine (C=N–C) groups is 1. The Hall–Kier alpha value is -2.02. The monoisotopic (exact) mass is 265 g/mol. The number of carbonyl (C=O) groups excluding carboxylic acids is 1. The molecule has 0 amide bonds. The molecule has 0 saturated carbocycles. The zero-order chi connectivity index (χ0) is 14.2. The molecule has 0 bridgehead atoms. The molecule has 1 aromatic rings. The van der Waals surface area contributed by atoms with Crippen LogP contribution in [-0.4, -0.2) is 32.3 Å². The Balaban J connectivity index is 2.60. The van der Waals surface area contributed by atoms with E-state index in [1.165, 1.54) is 11.6 Å². The summed E-state index contributed by atoms with van der Waals surface area (Å²) >= 11 is 0. The number of aliphatic hydroxyl groups is 1. The minimum absolute atomic E-state index is 0.180. The lowest BCUT2D eigenvalue weighted by molar-refractivity contribution is -0.119. The molecule has 1 N–H and O–H groups in total. The van der Waals surface area contributed by atoms with Gasteiger partial charge in [-0.3, -0.25) is 18.7 Å². The molecule has 19 heavy (non-hydrogen) atoms. The Labute approximate surface area is 108 Å². The van der Waals surface area contributed by atoms with Crippen LogP contribution in [0.3, 0.4) is 0 Å². The molecule has 0 radical (unpaired) electrons. The molecule has 0 spiro atoms. The van der Waals surface area contributed by atoms with Crippen molar-refractivity contribution < 1.29 is 9.90 Å². The Bertz CT molecular complexity index is 681. The topological polar surface area (TPSA) is 93.7 Å². The third-order valence-corrected chi connectivity index (χ3v) is 3.16. The standard InChI is InChI=1S/C12H15N3O4/c1-3-8(17)5-15-11(18)9-4-7(6-16)13-10(9)14(2)12(15)19/h16H,3-6H2,1-2H3. The molecule has 7 heteroatoms. The highest BCUT2D eigenvalue weighted by molar-refractivity contribution is 5.93. The minimum Gasteiger partial charge on any atom is -0.390 e. The lowest BCUT2D eigenvalue weighted by Crippen LogP contribution is -2.41. The summed E-state index contributed by atoms with van der Waals surface area (Å²) in [6.45, 7) is 1.21. The summed E-state index contributed by atoms with van der Waals surface area (Å²) in [6, 6.07) is 0. The molecule has 0 saturated heterocycles. The van der Waals surface area contributed by atoms with Crippen molar-refractivity contribution in [2.24, 2.45) is 12.0 Å².